The molecule has 0 spiro atoms. The molecule has 0 amide bonds. The monoisotopic (exact) mass is 257 g/mol. The summed E-state index contributed by atoms with van der Waals surface area (Å²) in [6.45, 7) is 9.12. The van der Waals surface area contributed by atoms with Gasteiger partial charge in [0.2, 0.25) is 0 Å². The molecule has 0 N–H and O–H groups in total. The van der Waals surface area contributed by atoms with Gasteiger partial charge in [0.05, 0.1) is 6.54 Å². The molecule has 1 radical (unpaired) electrons. The van der Waals surface area contributed by atoms with Crippen LogP contribution in [0, 0.1) is 12.1 Å². The fourth-order valence-electron chi connectivity index (χ4n) is 1.82. The van der Waals surface area contributed by atoms with Gasteiger partial charge in [-0.3, -0.25) is 4.79 Å². The van der Waals surface area contributed by atoms with Gasteiger partial charge in [-0.1, -0.05) is 51.1 Å². The van der Waals surface area contributed by atoms with Crippen LogP contribution in [-0.2, 0) is 11.3 Å². The highest BCUT2D eigenvalue weighted by Gasteiger charge is 2.24. The van der Waals surface area contributed by atoms with Crippen molar-refractivity contribution in [2.24, 2.45) is 5.41 Å². The van der Waals surface area contributed by atoms with E-state index >= 15 is 0 Å². The summed E-state index contributed by atoms with van der Waals surface area (Å²) in [5.74, 6) is 0.245. The minimum Gasteiger partial charge on any atom is -0.348 e. The molecule has 0 saturated carbocycles. The highest BCUT2D eigenvalue weighted by Crippen LogP contribution is 2.19. The largest absolute Gasteiger partial charge is 0.348 e. The average Bonchev–Trinajstić information content (AvgIpc) is 2.76. The first kappa shape index (κ1) is 13.7. The number of nitrogens with zero attached hydrogens (tertiary/aromatic N) is 2. The van der Waals surface area contributed by atoms with Crippen LogP contribution in [0.2, 0.25) is 0 Å². The molecule has 101 valence electrons. The summed E-state index contributed by atoms with van der Waals surface area (Å²) >= 11 is 0. The van der Waals surface area contributed by atoms with Crippen LogP contribution >= 0.6 is 0 Å². The van der Waals surface area contributed by atoms with E-state index in [2.05, 4.69) is 17.0 Å². The standard InChI is InChI=1S/C16H21N2O/c1-16(2,3)15(19)12-18-10-9-17(13-18)11-14-7-5-4-6-8-14/h4-10,13H,11-12H2,1-3H3. The Labute approximate surface area is 115 Å². The van der Waals surface area contributed by atoms with Crippen LogP contribution in [-0.4, -0.2) is 22.1 Å². The van der Waals surface area contributed by atoms with Crippen LogP contribution in [0.5, 0.6) is 0 Å². The van der Waals surface area contributed by atoms with Gasteiger partial charge in [-0.25, -0.2) is 0 Å². The predicted octanol–water partition coefficient (Wildman–Crippen LogP) is 3.01. The van der Waals surface area contributed by atoms with Gasteiger partial charge < -0.3 is 9.80 Å². The topological polar surface area (TPSA) is 23.6 Å². The van der Waals surface area contributed by atoms with E-state index in [1.165, 1.54) is 5.56 Å². The Morgan fingerprint density at radius 2 is 1.68 bits per heavy atom. The van der Waals surface area contributed by atoms with Crippen molar-refractivity contribution in [3.05, 3.63) is 55.0 Å². The second-order valence-electron chi connectivity index (χ2n) is 5.92. The summed E-state index contributed by atoms with van der Waals surface area (Å²) in [5, 5.41) is 0. The minimum atomic E-state index is -0.283. The van der Waals surface area contributed by atoms with E-state index in [1.807, 2.05) is 62.9 Å². The molecule has 2 rings (SSSR count). The highest BCUT2D eigenvalue weighted by molar-refractivity contribution is 5.85. The fraction of sp³-hybridized carbons (Fsp3) is 0.375. The molecule has 1 aromatic rings. The molecule has 1 heterocycles. The molecule has 1 aliphatic rings. The molecule has 19 heavy (non-hydrogen) atoms. The van der Waals surface area contributed by atoms with Crippen molar-refractivity contribution in [2.75, 3.05) is 6.54 Å². The number of hydrogen-bond donors (Lipinski definition) is 0. The van der Waals surface area contributed by atoms with Crippen molar-refractivity contribution in [1.82, 2.24) is 9.80 Å². The van der Waals surface area contributed by atoms with Gasteiger partial charge in [-0.15, -0.1) is 0 Å². The number of ketones is 1. The van der Waals surface area contributed by atoms with Gasteiger partial charge in [0, 0.05) is 24.4 Å². The van der Waals surface area contributed by atoms with Crippen LogP contribution in [0.1, 0.15) is 26.3 Å². The summed E-state index contributed by atoms with van der Waals surface area (Å²) in [5.41, 5.74) is 0.974. The molecule has 0 fully saturated rings. The normalized spacial score (nSPS) is 15.1. The summed E-state index contributed by atoms with van der Waals surface area (Å²) in [4.78, 5) is 16.0. The molecule has 3 heteroatoms. The quantitative estimate of drug-likeness (QED) is 0.828. The Morgan fingerprint density at radius 1 is 1.05 bits per heavy atom. The van der Waals surface area contributed by atoms with E-state index in [0.29, 0.717) is 6.54 Å². The first-order valence-electron chi connectivity index (χ1n) is 6.57. The Morgan fingerprint density at radius 3 is 2.32 bits per heavy atom. The maximum Gasteiger partial charge on any atom is 0.157 e. The summed E-state index contributed by atoms with van der Waals surface area (Å²) < 4.78 is 0. The smallest absolute Gasteiger partial charge is 0.157 e. The number of benzene rings is 1. The molecule has 0 aromatic heterocycles. The summed E-state index contributed by atoms with van der Waals surface area (Å²) in [6, 6.07) is 10.3. The fourth-order valence-corrected chi connectivity index (χ4v) is 1.82. The molecule has 0 aliphatic carbocycles. The molecular formula is C16H21N2O. The Bertz CT molecular complexity index is 459. The van der Waals surface area contributed by atoms with Crippen molar-refractivity contribution in [3.8, 4) is 0 Å². The third-order valence-corrected chi connectivity index (χ3v) is 3.12. The number of hydrogen-bond acceptors (Lipinski definition) is 3. The maximum atomic E-state index is 12.0. The van der Waals surface area contributed by atoms with E-state index in [9.17, 15) is 4.79 Å². The third-order valence-electron chi connectivity index (χ3n) is 3.12. The van der Waals surface area contributed by atoms with Gasteiger partial charge in [0.25, 0.3) is 0 Å². The zero-order valence-electron chi connectivity index (χ0n) is 11.8. The molecule has 0 atom stereocenters. The van der Waals surface area contributed by atoms with Crippen LogP contribution in [0.25, 0.3) is 0 Å². The lowest BCUT2D eigenvalue weighted by atomic mass is 9.91. The maximum absolute atomic E-state index is 12.0. The van der Waals surface area contributed by atoms with Crippen molar-refractivity contribution in [3.63, 3.8) is 0 Å². The van der Waals surface area contributed by atoms with Gasteiger partial charge in [0.1, 0.15) is 6.67 Å². The molecule has 0 saturated heterocycles. The molecule has 1 aromatic carbocycles. The Hall–Kier alpha value is -1.77. The molecule has 1 aliphatic heterocycles. The van der Waals surface area contributed by atoms with Crippen molar-refractivity contribution < 1.29 is 4.79 Å². The van der Waals surface area contributed by atoms with Gasteiger partial charge in [-0.2, -0.15) is 0 Å². The first-order chi connectivity index (χ1) is 8.95. The van der Waals surface area contributed by atoms with Gasteiger partial charge >= 0.3 is 0 Å². The van der Waals surface area contributed by atoms with Crippen molar-refractivity contribution in [1.29, 1.82) is 0 Å². The number of rotatable bonds is 4. The van der Waals surface area contributed by atoms with Crippen LogP contribution in [0.4, 0.5) is 0 Å². The lowest BCUT2D eigenvalue weighted by Crippen LogP contribution is -2.32. The van der Waals surface area contributed by atoms with Crippen LogP contribution in [0.3, 0.4) is 0 Å². The number of carbonyl (C=O) groups excluding carboxylic acids is 1. The highest BCUT2D eigenvalue weighted by atomic mass is 16.1. The lowest BCUT2D eigenvalue weighted by Gasteiger charge is -2.23. The van der Waals surface area contributed by atoms with Crippen LogP contribution < -0.4 is 0 Å². The minimum absolute atomic E-state index is 0.245. The van der Waals surface area contributed by atoms with Gasteiger partial charge in [-0.05, 0) is 5.56 Å². The molecule has 0 unspecified atom stereocenters. The van der Waals surface area contributed by atoms with E-state index in [0.717, 1.165) is 6.54 Å². The van der Waals surface area contributed by atoms with Crippen LogP contribution in [0.15, 0.2) is 42.7 Å². The predicted molar refractivity (Wildman–Crippen MR) is 76.6 cm³/mol. The van der Waals surface area contributed by atoms with Gasteiger partial charge in [0.15, 0.2) is 5.78 Å². The lowest BCUT2D eigenvalue weighted by molar-refractivity contribution is -0.126. The van der Waals surface area contributed by atoms with E-state index in [1.54, 1.807) is 0 Å². The van der Waals surface area contributed by atoms with E-state index in [4.69, 9.17) is 0 Å². The first-order valence-corrected chi connectivity index (χ1v) is 6.57. The van der Waals surface area contributed by atoms with E-state index < -0.39 is 0 Å². The molecular weight excluding hydrogens is 236 g/mol. The Kier molecular flexibility index (Phi) is 3.93. The zero-order chi connectivity index (χ0) is 13.9. The number of carbonyl (C=O) groups is 1. The second kappa shape index (κ2) is 5.47. The molecule has 0 bridgehead atoms. The average molecular weight is 257 g/mol. The number of Topliss-reactive ketones (excluding diaryl/α,β-unsaturated/α-hetero) is 1. The summed E-state index contributed by atoms with van der Waals surface area (Å²) in [7, 11) is 0. The summed E-state index contributed by atoms with van der Waals surface area (Å²) in [6.07, 6.45) is 3.95. The zero-order valence-corrected chi connectivity index (χ0v) is 11.8. The van der Waals surface area contributed by atoms with Crippen molar-refractivity contribution >= 4 is 5.78 Å². The van der Waals surface area contributed by atoms with Crippen molar-refractivity contribution in [2.45, 2.75) is 27.3 Å². The Balaban J connectivity index is 1.85. The molecule has 3 nitrogen and oxygen atoms in total. The third kappa shape index (κ3) is 3.85. The second-order valence-corrected chi connectivity index (χ2v) is 5.92. The van der Waals surface area contributed by atoms with E-state index in [-0.39, 0.29) is 11.2 Å². The SMILES string of the molecule is CC(C)(C)C(=O)CN1[CH]N(Cc2ccccc2)C=C1.